The van der Waals surface area contributed by atoms with Crippen LogP contribution in [0.25, 0.3) is 0 Å². The molecule has 0 aromatic heterocycles. The minimum Gasteiger partial charge on any atom is -0.307 e. The lowest BCUT2D eigenvalue weighted by atomic mass is 9.88. The summed E-state index contributed by atoms with van der Waals surface area (Å²) in [6, 6.07) is 7.29. The molecule has 0 saturated heterocycles. The van der Waals surface area contributed by atoms with Crippen molar-refractivity contribution in [3.8, 4) is 0 Å². The van der Waals surface area contributed by atoms with Crippen molar-refractivity contribution >= 4 is 0 Å². The van der Waals surface area contributed by atoms with Crippen molar-refractivity contribution < 1.29 is 0 Å². The predicted octanol–water partition coefficient (Wildman–Crippen LogP) is 5.23. The first kappa shape index (κ1) is 15.3. The van der Waals surface area contributed by atoms with Gasteiger partial charge in [-0.05, 0) is 57.2 Å². The molecule has 1 unspecified atom stereocenters. The molecule has 0 amide bonds. The Balaban J connectivity index is 2.29. The Morgan fingerprint density at radius 1 is 1.10 bits per heavy atom. The van der Waals surface area contributed by atoms with Gasteiger partial charge in [0.1, 0.15) is 0 Å². The van der Waals surface area contributed by atoms with E-state index < -0.39 is 0 Å². The van der Waals surface area contributed by atoms with Gasteiger partial charge in [0, 0.05) is 0 Å². The highest BCUT2D eigenvalue weighted by molar-refractivity contribution is 5.37. The zero-order valence-corrected chi connectivity index (χ0v) is 13.3. The Hall–Kier alpha value is -1.08. The number of rotatable bonds is 4. The summed E-state index contributed by atoms with van der Waals surface area (Å²) in [6.07, 6.45) is 10.5. The van der Waals surface area contributed by atoms with Crippen molar-refractivity contribution in [1.82, 2.24) is 5.32 Å². The van der Waals surface area contributed by atoms with E-state index in [9.17, 15) is 0 Å². The van der Waals surface area contributed by atoms with Crippen LogP contribution in [0.3, 0.4) is 0 Å². The highest BCUT2D eigenvalue weighted by Crippen LogP contribution is 2.30. The molecule has 1 aromatic rings. The summed E-state index contributed by atoms with van der Waals surface area (Å²) in [7, 11) is 0. The maximum atomic E-state index is 3.71. The minimum absolute atomic E-state index is 0.415. The summed E-state index contributed by atoms with van der Waals surface area (Å²) >= 11 is 0. The molecule has 1 aliphatic rings. The normalized spacial score (nSPS) is 20.6. The second-order valence-corrected chi connectivity index (χ2v) is 6.08. The summed E-state index contributed by atoms with van der Waals surface area (Å²) in [4.78, 5) is 0. The maximum absolute atomic E-state index is 3.71. The van der Waals surface area contributed by atoms with Gasteiger partial charge in [0.25, 0.3) is 0 Å². The van der Waals surface area contributed by atoms with Crippen molar-refractivity contribution in [3.05, 3.63) is 46.5 Å². The van der Waals surface area contributed by atoms with Crippen LogP contribution in [0.1, 0.15) is 68.2 Å². The topological polar surface area (TPSA) is 12.0 Å². The van der Waals surface area contributed by atoms with Gasteiger partial charge in [0.2, 0.25) is 0 Å². The van der Waals surface area contributed by atoms with Gasteiger partial charge in [-0.1, -0.05) is 55.2 Å². The fourth-order valence-electron chi connectivity index (χ4n) is 3.27. The molecular formula is C19H29N. The lowest BCUT2D eigenvalue weighted by Crippen LogP contribution is -2.24. The number of likely N-dealkylation sites (N-methyl/N-ethyl adjacent to an activating group) is 1. The fourth-order valence-corrected chi connectivity index (χ4v) is 3.27. The van der Waals surface area contributed by atoms with Gasteiger partial charge < -0.3 is 5.32 Å². The van der Waals surface area contributed by atoms with E-state index in [2.05, 4.69) is 50.4 Å². The second kappa shape index (κ2) is 7.64. The van der Waals surface area contributed by atoms with Crippen molar-refractivity contribution in [2.75, 3.05) is 6.54 Å². The van der Waals surface area contributed by atoms with Crippen LogP contribution >= 0.6 is 0 Å². The smallest absolute Gasteiger partial charge is 0.0538 e. The summed E-state index contributed by atoms with van der Waals surface area (Å²) in [5, 5.41) is 3.71. The van der Waals surface area contributed by atoms with Crippen molar-refractivity contribution in [1.29, 1.82) is 0 Å². The van der Waals surface area contributed by atoms with Crippen molar-refractivity contribution in [3.63, 3.8) is 0 Å². The van der Waals surface area contributed by atoms with Crippen molar-refractivity contribution in [2.45, 2.75) is 65.3 Å². The first-order chi connectivity index (χ1) is 9.72. The molecule has 1 aromatic carbocycles. The molecule has 1 aliphatic carbocycles. The third kappa shape index (κ3) is 3.96. The zero-order chi connectivity index (χ0) is 14.4. The van der Waals surface area contributed by atoms with Gasteiger partial charge in [0.15, 0.2) is 0 Å². The van der Waals surface area contributed by atoms with Gasteiger partial charge in [-0.3, -0.25) is 0 Å². The van der Waals surface area contributed by atoms with Crippen LogP contribution in [0.15, 0.2) is 29.8 Å². The summed E-state index contributed by atoms with van der Waals surface area (Å²) in [6.45, 7) is 7.65. The molecule has 1 N–H and O–H groups in total. The second-order valence-electron chi connectivity index (χ2n) is 6.08. The molecule has 0 saturated carbocycles. The largest absolute Gasteiger partial charge is 0.307 e. The average Bonchev–Trinajstić information content (AvgIpc) is 2.37. The maximum Gasteiger partial charge on any atom is 0.0538 e. The number of hydrogen-bond acceptors (Lipinski definition) is 1. The molecule has 0 aliphatic heterocycles. The number of hydrogen-bond donors (Lipinski definition) is 1. The SMILES string of the molecule is CCNC(/C1=C/CCCCCC1)c1ccc(C)cc1C. The molecule has 0 heterocycles. The summed E-state index contributed by atoms with van der Waals surface area (Å²) in [5.74, 6) is 0. The van der Waals surface area contributed by atoms with Gasteiger partial charge in [-0.25, -0.2) is 0 Å². The molecule has 2 rings (SSSR count). The lowest BCUT2D eigenvalue weighted by molar-refractivity contribution is 0.552. The molecular weight excluding hydrogens is 242 g/mol. The van der Waals surface area contributed by atoms with Crippen molar-refractivity contribution in [2.24, 2.45) is 0 Å². The highest BCUT2D eigenvalue weighted by atomic mass is 14.9. The first-order valence-electron chi connectivity index (χ1n) is 8.22. The quantitative estimate of drug-likeness (QED) is 0.739. The average molecular weight is 271 g/mol. The van der Waals surface area contributed by atoms with E-state index in [1.54, 1.807) is 5.57 Å². The molecule has 0 radical (unpaired) electrons. The standard InChI is InChI=1S/C19H29N/c1-4-20-19(17-10-8-6-5-7-9-11-17)18-13-12-15(2)14-16(18)3/h10,12-14,19-20H,4-9,11H2,1-3H3/b17-10+. The number of aryl methyl sites for hydroxylation is 2. The van der Waals surface area contributed by atoms with Gasteiger partial charge in [-0.2, -0.15) is 0 Å². The van der Waals surface area contributed by atoms with E-state index in [1.807, 2.05) is 0 Å². The molecule has 110 valence electrons. The Bertz CT molecular complexity index is 459. The van der Waals surface area contributed by atoms with E-state index in [-0.39, 0.29) is 0 Å². The number of allylic oxidation sites excluding steroid dienone is 1. The van der Waals surface area contributed by atoms with E-state index >= 15 is 0 Å². The van der Waals surface area contributed by atoms with Crippen LogP contribution in [-0.4, -0.2) is 6.54 Å². The van der Waals surface area contributed by atoms with Crippen LogP contribution in [0.2, 0.25) is 0 Å². The van der Waals surface area contributed by atoms with E-state index in [0.717, 1.165) is 6.54 Å². The Kier molecular flexibility index (Phi) is 5.85. The number of nitrogens with one attached hydrogen (secondary N) is 1. The van der Waals surface area contributed by atoms with Crippen LogP contribution in [0.5, 0.6) is 0 Å². The molecule has 1 atom stereocenters. The highest BCUT2D eigenvalue weighted by Gasteiger charge is 2.18. The summed E-state index contributed by atoms with van der Waals surface area (Å²) in [5.41, 5.74) is 5.84. The Morgan fingerprint density at radius 2 is 1.90 bits per heavy atom. The predicted molar refractivity (Wildman–Crippen MR) is 88.1 cm³/mol. The van der Waals surface area contributed by atoms with Crippen LogP contribution in [0, 0.1) is 13.8 Å². The Morgan fingerprint density at radius 3 is 2.65 bits per heavy atom. The van der Waals surface area contributed by atoms with E-state index in [4.69, 9.17) is 0 Å². The third-order valence-corrected chi connectivity index (χ3v) is 4.34. The minimum atomic E-state index is 0.415. The lowest BCUT2D eigenvalue weighted by Gasteiger charge is -2.25. The molecule has 1 heteroatoms. The van der Waals surface area contributed by atoms with E-state index in [1.165, 1.54) is 55.2 Å². The van der Waals surface area contributed by atoms with Crippen LogP contribution in [-0.2, 0) is 0 Å². The van der Waals surface area contributed by atoms with E-state index in [0.29, 0.717) is 6.04 Å². The molecule has 0 bridgehead atoms. The molecule has 1 nitrogen and oxygen atoms in total. The molecule has 0 fully saturated rings. The number of benzene rings is 1. The third-order valence-electron chi connectivity index (χ3n) is 4.34. The zero-order valence-electron chi connectivity index (χ0n) is 13.3. The monoisotopic (exact) mass is 271 g/mol. The molecule has 0 spiro atoms. The summed E-state index contributed by atoms with van der Waals surface area (Å²) < 4.78 is 0. The van der Waals surface area contributed by atoms with Crippen LogP contribution < -0.4 is 5.32 Å². The van der Waals surface area contributed by atoms with Gasteiger partial charge >= 0.3 is 0 Å². The van der Waals surface area contributed by atoms with Crippen LogP contribution in [0.4, 0.5) is 0 Å². The fraction of sp³-hybridized carbons (Fsp3) is 0.579. The Labute approximate surface area is 124 Å². The van der Waals surface area contributed by atoms with Gasteiger partial charge in [-0.15, -0.1) is 0 Å². The first-order valence-corrected chi connectivity index (χ1v) is 8.22. The van der Waals surface area contributed by atoms with Gasteiger partial charge in [0.05, 0.1) is 6.04 Å². The molecule has 20 heavy (non-hydrogen) atoms.